The maximum Gasteiger partial charge on any atom is 0.330 e. The molecule has 1 unspecified atom stereocenters. The van der Waals surface area contributed by atoms with Crippen LogP contribution in [0.25, 0.3) is 0 Å². The Morgan fingerprint density at radius 2 is 2.44 bits per heavy atom. The van der Waals surface area contributed by atoms with Crippen LogP contribution in [0.2, 0.25) is 0 Å². The quantitative estimate of drug-likeness (QED) is 0.446. The number of carbonyl (C=O) groups is 1. The average Bonchev–Trinajstić information content (AvgIpc) is 2.30. The summed E-state index contributed by atoms with van der Waals surface area (Å²) >= 11 is 4.06. The van der Waals surface area contributed by atoms with Gasteiger partial charge in [-0.05, 0) is 6.92 Å². The number of rotatable bonds is 6. The average molecular weight is 261 g/mol. The Morgan fingerprint density at radius 3 is 3.12 bits per heavy atom. The second kappa shape index (κ2) is 8.96. The first-order valence-electron chi connectivity index (χ1n) is 5.56. The molecule has 3 nitrogen and oxygen atoms in total. The lowest BCUT2D eigenvalue weighted by molar-refractivity contribution is -0.137. The van der Waals surface area contributed by atoms with Crippen molar-refractivity contribution >= 4 is 29.5 Å². The van der Waals surface area contributed by atoms with Crippen molar-refractivity contribution in [1.29, 1.82) is 0 Å². The fourth-order valence-corrected chi connectivity index (χ4v) is 3.97. The Kier molecular flexibility index (Phi) is 7.80. The molecule has 1 rings (SSSR count). The van der Waals surface area contributed by atoms with Crippen molar-refractivity contribution < 1.29 is 9.53 Å². The molecule has 0 bridgehead atoms. The Labute approximate surface area is 106 Å². The molecule has 0 amide bonds. The van der Waals surface area contributed by atoms with Crippen molar-refractivity contribution in [2.75, 3.05) is 37.0 Å². The van der Waals surface area contributed by atoms with Gasteiger partial charge in [-0.15, -0.1) is 0 Å². The smallest absolute Gasteiger partial charge is 0.330 e. The minimum atomic E-state index is -0.258. The van der Waals surface area contributed by atoms with Gasteiger partial charge >= 0.3 is 5.97 Å². The van der Waals surface area contributed by atoms with E-state index in [2.05, 4.69) is 5.32 Å². The van der Waals surface area contributed by atoms with Crippen LogP contribution >= 0.6 is 23.5 Å². The molecule has 92 valence electrons. The van der Waals surface area contributed by atoms with Crippen molar-refractivity contribution in [3.05, 3.63) is 12.2 Å². The van der Waals surface area contributed by atoms with Crippen LogP contribution in [0.3, 0.4) is 0 Å². The van der Waals surface area contributed by atoms with Gasteiger partial charge in [-0.25, -0.2) is 4.79 Å². The third-order valence-electron chi connectivity index (χ3n) is 2.06. The molecule has 16 heavy (non-hydrogen) atoms. The zero-order valence-electron chi connectivity index (χ0n) is 9.61. The van der Waals surface area contributed by atoms with Gasteiger partial charge in [-0.1, -0.05) is 6.08 Å². The fourth-order valence-electron chi connectivity index (χ4n) is 1.33. The number of ether oxygens (including phenoxy) is 1. The number of thioether (sulfide) groups is 2. The molecule has 0 aliphatic carbocycles. The van der Waals surface area contributed by atoms with Gasteiger partial charge in [0.05, 0.1) is 6.61 Å². The van der Waals surface area contributed by atoms with Gasteiger partial charge in [-0.3, -0.25) is 0 Å². The Balaban J connectivity index is 2.00. The van der Waals surface area contributed by atoms with Crippen molar-refractivity contribution in [3.8, 4) is 0 Å². The van der Waals surface area contributed by atoms with E-state index in [1.54, 1.807) is 0 Å². The largest absolute Gasteiger partial charge is 0.463 e. The second-order valence-electron chi connectivity index (χ2n) is 3.38. The summed E-state index contributed by atoms with van der Waals surface area (Å²) in [6, 6.07) is 0. The molecular weight excluding hydrogens is 242 g/mol. The molecular formula is C11H19NO2S2. The van der Waals surface area contributed by atoms with E-state index in [0.717, 1.165) is 18.3 Å². The van der Waals surface area contributed by atoms with Crippen LogP contribution in [0, 0.1) is 0 Å². The molecule has 0 aromatic carbocycles. The van der Waals surface area contributed by atoms with Gasteiger partial charge in [0.2, 0.25) is 0 Å². The van der Waals surface area contributed by atoms with Crippen LogP contribution in [0.4, 0.5) is 0 Å². The number of hydrogen-bond acceptors (Lipinski definition) is 5. The molecule has 1 fully saturated rings. The van der Waals surface area contributed by atoms with E-state index in [9.17, 15) is 4.79 Å². The highest BCUT2D eigenvalue weighted by molar-refractivity contribution is 8.06. The second-order valence-corrected chi connectivity index (χ2v) is 5.94. The summed E-state index contributed by atoms with van der Waals surface area (Å²) in [6.07, 6.45) is 3.30. The molecule has 1 saturated heterocycles. The fraction of sp³-hybridized carbons (Fsp3) is 0.727. The standard InChI is InChI=1S/C11H19NO2S2/c1-2-14-11(13)4-3-5-12-8-10-9-15-6-7-16-10/h3-4,10,12H,2,5-9H2,1H3/b4-3+. The third-order valence-corrected chi connectivity index (χ3v) is 4.90. The summed E-state index contributed by atoms with van der Waals surface area (Å²) in [5.41, 5.74) is 0. The number of hydrogen-bond donors (Lipinski definition) is 1. The maximum atomic E-state index is 11.0. The minimum Gasteiger partial charge on any atom is -0.463 e. The number of carbonyl (C=O) groups excluding carboxylic acids is 1. The van der Waals surface area contributed by atoms with Gasteiger partial charge in [0.1, 0.15) is 0 Å². The van der Waals surface area contributed by atoms with Crippen LogP contribution in [-0.4, -0.2) is 48.2 Å². The third kappa shape index (κ3) is 6.45. The molecule has 0 radical (unpaired) electrons. The van der Waals surface area contributed by atoms with Gasteiger partial charge < -0.3 is 10.1 Å². The predicted molar refractivity (Wildman–Crippen MR) is 72.2 cm³/mol. The van der Waals surface area contributed by atoms with Crippen molar-refractivity contribution in [3.63, 3.8) is 0 Å². The van der Waals surface area contributed by atoms with Crippen LogP contribution in [0.5, 0.6) is 0 Å². The molecule has 1 aliphatic rings. The summed E-state index contributed by atoms with van der Waals surface area (Å²) in [6.45, 7) is 4.00. The summed E-state index contributed by atoms with van der Waals surface area (Å²) < 4.78 is 4.78. The molecule has 0 saturated carbocycles. The summed E-state index contributed by atoms with van der Waals surface area (Å²) in [5, 5.41) is 4.04. The van der Waals surface area contributed by atoms with E-state index in [0.29, 0.717) is 6.61 Å². The molecule has 1 aliphatic heterocycles. The van der Waals surface area contributed by atoms with E-state index < -0.39 is 0 Å². The topological polar surface area (TPSA) is 38.3 Å². The van der Waals surface area contributed by atoms with Crippen LogP contribution in [0.15, 0.2) is 12.2 Å². The lowest BCUT2D eigenvalue weighted by Crippen LogP contribution is -2.29. The van der Waals surface area contributed by atoms with E-state index in [4.69, 9.17) is 4.74 Å². The number of nitrogens with one attached hydrogen (secondary N) is 1. The normalized spacial score (nSPS) is 21.2. The predicted octanol–water partition coefficient (Wildman–Crippen LogP) is 1.54. The first kappa shape index (κ1) is 13.9. The SMILES string of the molecule is CCOC(=O)/C=C/CNCC1CSCCS1. The molecule has 1 N–H and O–H groups in total. The van der Waals surface area contributed by atoms with Gasteiger partial charge in [0, 0.05) is 41.7 Å². The first-order valence-corrected chi connectivity index (χ1v) is 7.76. The van der Waals surface area contributed by atoms with Crippen molar-refractivity contribution in [1.82, 2.24) is 5.32 Å². The summed E-state index contributed by atoms with van der Waals surface area (Å²) in [5.74, 6) is 3.52. The Morgan fingerprint density at radius 1 is 1.56 bits per heavy atom. The van der Waals surface area contributed by atoms with E-state index in [-0.39, 0.29) is 5.97 Å². The molecule has 0 spiro atoms. The first-order chi connectivity index (χ1) is 7.83. The van der Waals surface area contributed by atoms with Crippen LogP contribution in [0.1, 0.15) is 6.92 Å². The molecule has 0 aromatic rings. The molecule has 1 heterocycles. The van der Waals surface area contributed by atoms with Gasteiger partial charge in [-0.2, -0.15) is 23.5 Å². The molecule has 1 atom stereocenters. The lowest BCUT2D eigenvalue weighted by Gasteiger charge is -2.20. The monoisotopic (exact) mass is 261 g/mol. The minimum absolute atomic E-state index is 0.258. The molecule has 5 heteroatoms. The number of esters is 1. The van der Waals surface area contributed by atoms with Crippen molar-refractivity contribution in [2.45, 2.75) is 12.2 Å². The summed E-state index contributed by atoms with van der Waals surface area (Å²) in [7, 11) is 0. The highest BCUT2D eigenvalue weighted by Crippen LogP contribution is 2.23. The lowest BCUT2D eigenvalue weighted by atomic mass is 10.4. The van der Waals surface area contributed by atoms with Gasteiger partial charge in [0.25, 0.3) is 0 Å². The molecule has 0 aromatic heterocycles. The van der Waals surface area contributed by atoms with Crippen molar-refractivity contribution in [2.24, 2.45) is 0 Å². The van der Waals surface area contributed by atoms with E-state index >= 15 is 0 Å². The van der Waals surface area contributed by atoms with E-state index in [1.165, 1.54) is 23.3 Å². The van der Waals surface area contributed by atoms with Crippen LogP contribution < -0.4 is 5.32 Å². The van der Waals surface area contributed by atoms with E-state index in [1.807, 2.05) is 36.5 Å². The van der Waals surface area contributed by atoms with Crippen LogP contribution in [-0.2, 0) is 9.53 Å². The zero-order valence-corrected chi connectivity index (χ0v) is 11.2. The Hall–Kier alpha value is -0.130. The zero-order chi connectivity index (χ0) is 11.6. The highest BCUT2D eigenvalue weighted by atomic mass is 32.2. The Bertz CT molecular complexity index is 228. The summed E-state index contributed by atoms with van der Waals surface area (Å²) in [4.78, 5) is 11.0. The maximum absolute atomic E-state index is 11.0. The highest BCUT2D eigenvalue weighted by Gasteiger charge is 2.12. The van der Waals surface area contributed by atoms with Gasteiger partial charge in [0.15, 0.2) is 0 Å².